The van der Waals surface area contributed by atoms with E-state index in [4.69, 9.17) is 0 Å². The molecule has 0 saturated heterocycles. The molecule has 2 aromatic rings. The van der Waals surface area contributed by atoms with E-state index >= 15 is 0 Å². The molecule has 0 bridgehead atoms. The van der Waals surface area contributed by atoms with Crippen LogP contribution in [0.1, 0.15) is 10.4 Å². The van der Waals surface area contributed by atoms with Gasteiger partial charge in [0.05, 0.1) is 0 Å². The van der Waals surface area contributed by atoms with E-state index < -0.39 is 0 Å². The van der Waals surface area contributed by atoms with Crippen molar-refractivity contribution >= 4 is 22.7 Å². The molecule has 0 N–H and O–H groups in total. The van der Waals surface area contributed by atoms with Crippen molar-refractivity contribution in [2.24, 2.45) is 0 Å². The molecule has 0 spiro atoms. The molecule has 0 aliphatic heterocycles. The predicted molar refractivity (Wildman–Crippen MR) is 57.1 cm³/mol. The fourth-order valence-electron chi connectivity index (χ4n) is 1.32. The summed E-state index contributed by atoms with van der Waals surface area (Å²) in [5.41, 5.74) is 2.77. The van der Waals surface area contributed by atoms with Gasteiger partial charge in [0.25, 0.3) is 0 Å². The molecule has 0 fully saturated rings. The van der Waals surface area contributed by atoms with E-state index in [9.17, 15) is 0 Å². The second kappa shape index (κ2) is 3.04. The number of thiophene rings is 2. The Morgan fingerprint density at radius 2 is 2.08 bits per heavy atom. The first-order valence-corrected chi connectivity index (χ1v) is 5.63. The van der Waals surface area contributed by atoms with Crippen molar-refractivity contribution in [2.45, 2.75) is 13.8 Å². The first-order valence-electron chi connectivity index (χ1n) is 3.87. The van der Waals surface area contributed by atoms with E-state index in [0.29, 0.717) is 0 Å². The molecule has 0 radical (unpaired) electrons. The molecule has 0 saturated carbocycles. The summed E-state index contributed by atoms with van der Waals surface area (Å²) < 4.78 is 0. The molecule has 2 aromatic heterocycles. The van der Waals surface area contributed by atoms with Gasteiger partial charge in [-0.05, 0) is 42.3 Å². The Labute approximate surface area is 80.5 Å². The molecule has 0 nitrogen and oxygen atoms in total. The molecule has 0 aliphatic carbocycles. The van der Waals surface area contributed by atoms with Crippen molar-refractivity contribution in [1.82, 2.24) is 0 Å². The zero-order chi connectivity index (χ0) is 8.55. The highest BCUT2D eigenvalue weighted by atomic mass is 32.1. The molecule has 2 heterocycles. The number of rotatable bonds is 1. The second-order valence-corrected chi connectivity index (χ2v) is 4.92. The summed E-state index contributed by atoms with van der Waals surface area (Å²) in [5.74, 6) is 0. The van der Waals surface area contributed by atoms with Gasteiger partial charge in [0.1, 0.15) is 0 Å². The Morgan fingerprint density at radius 3 is 2.58 bits per heavy atom. The van der Waals surface area contributed by atoms with Crippen LogP contribution in [0.25, 0.3) is 10.4 Å². The zero-order valence-corrected chi connectivity index (χ0v) is 8.76. The fourth-order valence-corrected chi connectivity index (χ4v) is 3.07. The lowest BCUT2D eigenvalue weighted by Crippen LogP contribution is -1.68. The van der Waals surface area contributed by atoms with Crippen LogP contribution in [0.3, 0.4) is 0 Å². The van der Waals surface area contributed by atoms with Gasteiger partial charge in [0.15, 0.2) is 0 Å². The molecule has 0 aromatic carbocycles. The normalized spacial score (nSPS) is 10.5. The SMILES string of the molecule is Cc1cc(C)c(-c2ccsc2)s1. The minimum absolute atomic E-state index is 1.37. The van der Waals surface area contributed by atoms with Gasteiger partial charge in [-0.2, -0.15) is 11.3 Å². The summed E-state index contributed by atoms with van der Waals surface area (Å²) in [5, 5.41) is 4.34. The molecule has 0 unspecified atom stereocenters. The summed E-state index contributed by atoms with van der Waals surface area (Å²) in [4.78, 5) is 2.82. The maximum Gasteiger partial charge on any atom is 0.0383 e. The van der Waals surface area contributed by atoms with Crippen LogP contribution in [0.4, 0.5) is 0 Å². The molecule has 62 valence electrons. The molecular formula is C10H10S2. The molecule has 2 heteroatoms. The lowest BCUT2D eigenvalue weighted by molar-refractivity contribution is 1.51. The van der Waals surface area contributed by atoms with Crippen LogP contribution in [0.5, 0.6) is 0 Å². The summed E-state index contributed by atoms with van der Waals surface area (Å²) in [7, 11) is 0. The molecule has 2 rings (SSSR count). The highest BCUT2D eigenvalue weighted by Crippen LogP contribution is 2.32. The van der Waals surface area contributed by atoms with Gasteiger partial charge in [-0.1, -0.05) is 0 Å². The topological polar surface area (TPSA) is 0 Å². The van der Waals surface area contributed by atoms with E-state index in [2.05, 4.69) is 36.7 Å². The van der Waals surface area contributed by atoms with Crippen LogP contribution in [0.15, 0.2) is 22.9 Å². The predicted octanol–water partition coefficient (Wildman–Crippen LogP) is 4.09. The summed E-state index contributed by atoms with van der Waals surface area (Å²) >= 11 is 3.64. The number of aryl methyl sites for hydroxylation is 2. The van der Waals surface area contributed by atoms with Gasteiger partial charge in [-0.3, -0.25) is 0 Å². The van der Waals surface area contributed by atoms with Gasteiger partial charge < -0.3 is 0 Å². The maximum absolute atomic E-state index is 2.25. The third-order valence-electron chi connectivity index (χ3n) is 1.82. The Balaban J connectivity index is 2.54. The van der Waals surface area contributed by atoms with Crippen molar-refractivity contribution in [1.29, 1.82) is 0 Å². The van der Waals surface area contributed by atoms with Crippen molar-refractivity contribution in [3.05, 3.63) is 33.3 Å². The van der Waals surface area contributed by atoms with Gasteiger partial charge in [0, 0.05) is 15.3 Å². The van der Waals surface area contributed by atoms with Crippen LogP contribution in [0, 0.1) is 13.8 Å². The van der Waals surface area contributed by atoms with Gasteiger partial charge in [0.2, 0.25) is 0 Å². The van der Waals surface area contributed by atoms with Crippen LogP contribution in [0.2, 0.25) is 0 Å². The quantitative estimate of drug-likeness (QED) is 0.641. The Bertz CT molecular complexity index is 368. The minimum atomic E-state index is 1.37. The van der Waals surface area contributed by atoms with Crippen molar-refractivity contribution in [2.75, 3.05) is 0 Å². The van der Waals surface area contributed by atoms with Crippen LogP contribution in [-0.2, 0) is 0 Å². The van der Waals surface area contributed by atoms with E-state index in [-0.39, 0.29) is 0 Å². The molecule has 0 aliphatic rings. The van der Waals surface area contributed by atoms with Gasteiger partial charge in [-0.25, -0.2) is 0 Å². The van der Waals surface area contributed by atoms with Gasteiger partial charge >= 0.3 is 0 Å². The molecule has 12 heavy (non-hydrogen) atoms. The monoisotopic (exact) mass is 194 g/mol. The second-order valence-electron chi connectivity index (χ2n) is 2.88. The van der Waals surface area contributed by atoms with Gasteiger partial charge in [-0.15, -0.1) is 11.3 Å². The molecule has 0 atom stereocenters. The van der Waals surface area contributed by atoms with Crippen molar-refractivity contribution in [3.8, 4) is 10.4 Å². The maximum atomic E-state index is 2.25. The number of hydrogen-bond acceptors (Lipinski definition) is 2. The van der Waals surface area contributed by atoms with Crippen LogP contribution in [-0.4, -0.2) is 0 Å². The average molecular weight is 194 g/mol. The van der Waals surface area contributed by atoms with E-state index in [1.54, 1.807) is 11.3 Å². The standard InChI is InChI=1S/C10H10S2/c1-7-5-8(2)12-10(7)9-3-4-11-6-9/h3-6H,1-2H3. The Hall–Kier alpha value is -0.600. The third kappa shape index (κ3) is 1.32. The highest BCUT2D eigenvalue weighted by molar-refractivity contribution is 7.16. The zero-order valence-electron chi connectivity index (χ0n) is 7.13. The summed E-state index contributed by atoms with van der Waals surface area (Å²) in [6.07, 6.45) is 0. The third-order valence-corrected chi connectivity index (χ3v) is 3.71. The molecule has 0 amide bonds. The first-order chi connectivity index (χ1) is 5.77. The Morgan fingerprint density at radius 1 is 1.25 bits per heavy atom. The largest absolute Gasteiger partial charge is 0.152 e. The first kappa shape index (κ1) is 8.02. The highest BCUT2D eigenvalue weighted by Gasteiger charge is 2.04. The Kier molecular flexibility index (Phi) is 2.03. The fraction of sp³-hybridized carbons (Fsp3) is 0.200. The lowest BCUT2D eigenvalue weighted by atomic mass is 10.2. The van der Waals surface area contributed by atoms with E-state index in [0.717, 1.165) is 0 Å². The molecular weight excluding hydrogens is 184 g/mol. The van der Waals surface area contributed by atoms with Crippen LogP contribution < -0.4 is 0 Å². The summed E-state index contributed by atoms with van der Waals surface area (Å²) in [6, 6.07) is 4.43. The minimum Gasteiger partial charge on any atom is -0.152 e. The smallest absolute Gasteiger partial charge is 0.0383 e. The number of hydrogen-bond donors (Lipinski definition) is 0. The van der Waals surface area contributed by atoms with Crippen molar-refractivity contribution < 1.29 is 0 Å². The van der Waals surface area contributed by atoms with E-state index in [1.807, 2.05) is 11.3 Å². The van der Waals surface area contributed by atoms with Crippen LogP contribution >= 0.6 is 22.7 Å². The average Bonchev–Trinajstić information content (AvgIpc) is 2.58. The summed E-state index contributed by atoms with van der Waals surface area (Å²) in [6.45, 7) is 4.34. The lowest BCUT2D eigenvalue weighted by Gasteiger charge is -1.92. The van der Waals surface area contributed by atoms with Crippen molar-refractivity contribution in [3.63, 3.8) is 0 Å². The van der Waals surface area contributed by atoms with E-state index in [1.165, 1.54) is 20.9 Å².